The summed E-state index contributed by atoms with van der Waals surface area (Å²) in [5.74, 6) is 0.312. The van der Waals surface area contributed by atoms with Gasteiger partial charge in [0, 0.05) is 31.2 Å². The monoisotopic (exact) mass is 347 g/mol. The molecular formula is C18H25N3O2S. The van der Waals surface area contributed by atoms with Gasteiger partial charge in [-0.15, -0.1) is 0 Å². The molecule has 24 heavy (non-hydrogen) atoms. The van der Waals surface area contributed by atoms with Gasteiger partial charge in [0.05, 0.1) is 10.4 Å². The van der Waals surface area contributed by atoms with Crippen LogP contribution in [0.3, 0.4) is 0 Å². The van der Waals surface area contributed by atoms with Gasteiger partial charge in [-0.3, -0.25) is 4.98 Å². The minimum Gasteiger partial charge on any atom is -0.303 e. The fourth-order valence-corrected chi connectivity index (χ4v) is 5.36. The molecule has 3 rings (SSSR count). The molecule has 0 N–H and O–H groups in total. The Morgan fingerprint density at radius 2 is 2.08 bits per heavy atom. The van der Waals surface area contributed by atoms with E-state index in [1.165, 1.54) is 0 Å². The number of aromatic nitrogens is 1. The van der Waals surface area contributed by atoms with E-state index in [1.54, 1.807) is 35.7 Å². The maximum atomic E-state index is 13.2. The molecule has 0 spiro atoms. The van der Waals surface area contributed by atoms with Crippen LogP contribution in [0.4, 0.5) is 0 Å². The van der Waals surface area contributed by atoms with Crippen molar-refractivity contribution in [2.75, 3.05) is 26.7 Å². The number of fused-ring (bicyclic) bond motifs is 1. The number of hydrogen-bond donors (Lipinski definition) is 0. The van der Waals surface area contributed by atoms with Crippen LogP contribution >= 0.6 is 0 Å². The Balaban J connectivity index is 1.95. The van der Waals surface area contributed by atoms with Crippen LogP contribution in [0.15, 0.2) is 41.4 Å². The third-order valence-electron chi connectivity index (χ3n) is 5.12. The van der Waals surface area contributed by atoms with Crippen molar-refractivity contribution in [2.45, 2.75) is 31.2 Å². The second-order valence-electron chi connectivity index (χ2n) is 6.57. The predicted molar refractivity (Wildman–Crippen MR) is 96.4 cm³/mol. The molecule has 1 aliphatic rings. The standard InChI is InChI=1S/C18H25N3O2S/c1-4-21-12-10-17(14(2)13-21)20(3)24(22,23)18-9-5-8-16-15(18)7-6-11-19-16/h5-9,11,14,17H,4,10,12-13H2,1-3H3/t14-,17-/m0/s1. The molecule has 1 fully saturated rings. The molecule has 1 aromatic carbocycles. The summed E-state index contributed by atoms with van der Waals surface area (Å²) in [5, 5.41) is 0.686. The minimum atomic E-state index is -3.55. The van der Waals surface area contributed by atoms with Crippen molar-refractivity contribution in [1.82, 2.24) is 14.2 Å². The van der Waals surface area contributed by atoms with Crippen molar-refractivity contribution in [3.63, 3.8) is 0 Å². The van der Waals surface area contributed by atoms with Gasteiger partial charge in [-0.25, -0.2) is 8.42 Å². The Labute approximate surface area is 144 Å². The number of benzene rings is 1. The summed E-state index contributed by atoms with van der Waals surface area (Å²) in [6, 6.07) is 8.93. The van der Waals surface area contributed by atoms with Crippen molar-refractivity contribution >= 4 is 20.9 Å². The molecule has 0 bridgehead atoms. The lowest BCUT2D eigenvalue weighted by molar-refractivity contribution is 0.123. The molecule has 1 saturated heterocycles. The van der Waals surface area contributed by atoms with Gasteiger partial charge in [0.2, 0.25) is 10.0 Å². The molecule has 0 unspecified atom stereocenters. The van der Waals surface area contributed by atoms with Crippen LogP contribution in [-0.2, 0) is 10.0 Å². The number of pyridine rings is 1. The largest absolute Gasteiger partial charge is 0.303 e. The van der Waals surface area contributed by atoms with Gasteiger partial charge in [0.25, 0.3) is 0 Å². The lowest BCUT2D eigenvalue weighted by atomic mass is 9.94. The van der Waals surface area contributed by atoms with Gasteiger partial charge >= 0.3 is 0 Å². The van der Waals surface area contributed by atoms with E-state index in [9.17, 15) is 8.42 Å². The first-order chi connectivity index (χ1) is 11.4. The first kappa shape index (κ1) is 17.3. The van der Waals surface area contributed by atoms with Gasteiger partial charge in [-0.1, -0.05) is 19.9 Å². The zero-order valence-corrected chi connectivity index (χ0v) is 15.3. The Bertz CT molecular complexity index is 817. The summed E-state index contributed by atoms with van der Waals surface area (Å²) < 4.78 is 28.0. The van der Waals surface area contributed by atoms with Crippen molar-refractivity contribution in [2.24, 2.45) is 5.92 Å². The molecule has 2 aromatic rings. The van der Waals surface area contributed by atoms with Crippen molar-refractivity contribution in [1.29, 1.82) is 0 Å². The molecule has 0 amide bonds. The molecule has 6 heteroatoms. The number of rotatable bonds is 4. The average molecular weight is 347 g/mol. The quantitative estimate of drug-likeness (QED) is 0.853. The molecule has 2 atom stereocenters. The first-order valence-corrected chi connectivity index (χ1v) is 9.93. The second-order valence-corrected chi connectivity index (χ2v) is 8.54. The van der Waals surface area contributed by atoms with Crippen LogP contribution in [0, 0.1) is 5.92 Å². The summed E-state index contributed by atoms with van der Waals surface area (Å²) in [6.45, 7) is 7.20. The molecular weight excluding hydrogens is 322 g/mol. The third-order valence-corrected chi connectivity index (χ3v) is 7.06. The van der Waals surface area contributed by atoms with E-state index >= 15 is 0 Å². The Hall–Kier alpha value is -1.50. The molecule has 5 nitrogen and oxygen atoms in total. The third kappa shape index (κ3) is 3.06. The van der Waals surface area contributed by atoms with Gasteiger partial charge in [-0.2, -0.15) is 4.31 Å². The zero-order valence-electron chi connectivity index (χ0n) is 14.5. The van der Waals surface area contributed by atoms with Crippen molar-refractivity contribution in [3.8, 4) is 0 Å². The summed E-state index contributed by atoms with van der Waals surface area (Å²) in [7, 11) is -1.83. The van der Waals surface area contributed by atoms with Crippen molar-refractivity contribution < 1.29 is 8.42 Å². The molecule has 1 aromatic heterocycles. The Morgan fingerprint density at radius 3 is 2.79 bits per heavy atom. The van der Waals surface area contributed by atoms with E-state index in [-0.39, 0.29) is 6.04 Å². The lowest BCUT2D eigenvalue weighted by Crippen LogP contribution is -2.50. The van der Waals surface area contributed by atoms with Crippen LogP contribution in [0.1, 0.15) is 20.3 Å². The maximum absolute atomic E-state index is 13.2. The lowest BCUT2D eigenvalue weighted by Gasteiger charge is -2.40. The van der Waals surface area contributed by atoms with Crippen LogP contribution in [0.25, 0.3) is 10.9 Å². The SMILES string of the molecule is CCN1CC[C@H](N(C)S(=O)(=O)c2cccc3ncccc23)[C@@H](C)C1. The zero-order chi connectivity index (χ0) is 17.3. The van der Waals surface area contributed by atoms with Crippen molar-refractivity contribution in [3.05, 3.63) is 36.5 Å². The maximum Gasteiger partial charge on any atom is 0.243 e. The summed E-state index contributed by atoms with van der Waals surface area (Å²) >= 11 is 0. The van der Waals surface area contributed by atoms with Gasteiger partial charge in [0.1, 0.15) is 0 Å². The minimum absolute atomic E-state index is 0.0322. The number of hydrogen-bond acceptors (Lipinski definition) is 4. The normalized spacial score (nSPS) is 23.0. The molecule has 130 valence electrons. The van der Waals surface area contributed by atoms with Crippen LogP contribution in [0.5, 0.6) is 0 Å². The highest BCUT2D eigenvalue weighted by Gasteiger charge is 2.35. The van der Waals surface area contributed by atoms with Gasteiger partial charge in [-0.05, 0) is 49.7 Å². The van der Waals surface area contributed by atoms with E-state index in [4.69, 9.17) is 0 Å². The number of nitrogens with zero attached hydrogens (tertiary/aromatic N) is 3. The highest BCUT2D eigenvalue weighted by Crippen LogP contribution is 2.29. The topological polar surface area (TPSA) is 53.5 Å². The molecule has 1 aliphatic heterocycles. The highest BCUT2D eigenvalue weighted by molar-refractivity contribution is 7.89. The van der Waals surface area contributed by atoms with E-state index in [0.717, 1.165) is 26.1 Å². The predicted octanol–water partition coefficient (Wildman–Crippen LogP) is 2.59. The first-order valence-electron chi connectivity index (χ1n) is 8.49. The van der Waals surface area contributed by atoms with Crippen LogP contribution < -0.4 is 0 Å². The number of likely N-dealkylation sites (tertiary alicyclic amines) is 1. The fraction of sp³-hybridized carbons (Fsp3) is 0.500. The van der Waals surface area contributed by atoms with E-state index in [2.05, 4.69) is 23.7 Å². The molecule has 0 radical (unpaired) electrons. The molecule has 0 aliphatic carbocycles. The van der Waals surface area contributed by atoms with Gasteiger partial charge < -0.3 is 4.90 Å². The summed E-state index contributed by atoms with van der Waals surface area (Å²) in [5.41, 5.74) is 0.709. The summed E-state index contributed by atoms with van der Waals surface area (Å²) in [6.07, 6.45) is 2.55. The van der Waals surface area contributed by atoms with Crippen LogP contribution in [0.2, 0.25) is 0 Å². The Kier molecular flexibility index (Phi) is 4.90. The Morgan fingerprint density at radius 1 is 1.29 bits per heavy atom. The fourth-order valence-electron chi connectivity index (χ4n) is 3.68. The molecule has 0 saturated carbocycles. The average Bonchev–Trinajstić information content (AvgIpc) is 2.60. The van der Waals surface area contributed by atoms with Crippen LogP contribution in [-0.4, -0.2) is 55.3 Å². The highest BCUT2D eigenvalue weighted by atomic mass is 32.2. The van der Waals surface area contributed by atoms with E-state index in [1.807, 2.05) is 12.1 Å². The number of piperidine rings is 1. The summed E-state index contributed by atoms with van der Waals surface area (Å²) in [4.78, 5) is 7.00. The van der Waals surface area contributed by atoms with E-state index < -0.39 is 10.0 Å². The molecule has 2 heterocycles. The van der Waals surface area contributed by atoms with Gasteiger partial charge in [0.15, 0.2) is 0 Å². The van der Waals surface area contributed by atoms with E-state index in [0.29, 0.717) is 21.7 Å². The number of sulfonamides is 1. The smallest absolute Gasteiger partial charge is 0.243 e. The second kappa shape index (κ2) is 6.78.